The molecule has 8 aromatic rings. The number of para-hydroxylation sites is 3. The summed E-state index contributed by atoms with van der Waals surface area (Å²) in [7, 11) is 0. The molecule has 0 radical (unpaired) electrons. The molecular weight excluding hydrogens is 491 g/mol. The molecule has 0 saturated carbocycles. The number of carbonyl (C=O) groups excluding carboxylic acids is 1. The Morgan fingerprint density at radius 1 is 0.600 bits per heavy atom. The Hall–Kier alpha value is -5.29. The van der Waals surface area contributed by atoms with Gasteiger partial charge < -0.3 is 9.14 Å². The number of nitrogens with zero attached hydrogens (tertiary/aromatic N) is 2. The van der Waals surface area contributed by atoms with Crippen LogP contribution in [0.5, 0.6) is 5.75 Å². The molecular formula is C35H19BN2O2. The van der Waals surface area contributed by atoms with Gasteiger partial charge in [0.05, 0.1) is 27.6 Å². The Morgan fingerprint density at radius 3 is 2.15 bits per heavy atom. The van der Waals surface area contributed by atoms with Gasteiger partial charge in [-0.05, 0) is 46.6 Å². The molecule has 2 aliphatic rings. The van der Waals surface area contributed by atoms with E-state index in [0.29, 0.717) is 5.75 Å². The van der Waals surface area contributed by atoms with E-state index in [4.69, 9.17) is 4.74 Å². The number of rotatable bonds is 1. The summed E-state index contributed by atoms with van der Waals surface area (Å²) in [5.74, 6) is 0.625. The quantitative estimate of drug-likeness (QED) is 0.144. The van der Waals surface area contributed by atoms with Crippen LogP contribution < -0.4 is 26.0 Å². The standard InChI is InChI=1S/C35H19BN2O2/c39-35-38-27-17-9-6-14-24(27)36(20-10-2-1-3-11-20)32-30-23-13-5-8-16-26(23)37-25-15-7-4-12-21(25)22-18-19-28(40-35)31(34(32)38)29(22)33(30)37/h1-19H. The van der Waals surface area contributed by atoms with Crippen LogP contribution in [0.2, 0.25) is 0 Å². The van der Waals surface area contributed by atoms with Crippen LogP contribution >= 0.6 is 0 Å². The minimum absolute atomic E-state index is 0.0492. The highest BCUT2D eigenvalue weighted by molar-refractivity contribution is 7.00. The number of benzene rings is 6. The van der Waals surface area contributed by atoms with E-state index in [0.717, 1.165) is 33.1 Å². The summed E-state index contributed by atoms with van der Waals surface area (Å²) in [4.78, 5) is 15.6. The molecule has 2 aliphatic heterocycles. The van der Waals surface area contributed by atoms with Gasteiger partial charge in [-0.3, -0.25) is 0 Å². The number of anilines is 2. The van der Waals surface area contributed by atoms with E-state index in [2.05, 4.69) is 101 Å². The average molecular weight is 510 g/mol. The average Bonchev–Trinajstić information content (AvgIpc) is 3.36. The summed E-state index contributed by atoms with van der Waals surface area (Å²) in [6.45, 7) is -0.0492. The molecule has 4 nitrogen and oxygen atoms in total. The van der Waals surface area contributed by atoms with Gasteiger partial charge in [0.2, 0.25) is 6.71 Å². The van der Waals surface area contributed by atoms with Gasteiger partial charge in [0.1, 0.15) is 5.75 Å². The van der Waals surface area contributed by atoms with Gasteiger partial charge in [-0.15, -0.1) is 0 Å². The Balaban J connectivity index is 1.58. The van der Waals surface area contributed by atoms with Gasteiger partial charge >= 0.3 is 6.09 Å². The fourth-order valence-electron chi connectivity index (χ4n) is 7.57. The van der Waals surface area contributed by atoms with Crippen molar-refractivity contribution in [2.45, 2.75) is 0 Å². The zero-order valence-electron chi connectivity index (χ0n) is 21.3. The van der Waals surface area contributed by atoms with Crippen LogP contribution in [0.4, 0.5) is 16.2 Å². The molecule has 2 aromatic heterocycles. The largest absolute Gasteiger partial charge is 0.424 e. The molecule has 6 aromatic carbocycles. The Bertz CT molecular complexity index is 2390. The first-order valence-corrected chi connectivity index (χ1v) is 13.6. The van der Waals surface area contributed by atoms with Crippen LogP contribution in [0.1, 0.15) is 0 Å². The fourth-order valence-corrected chi connectivity index (χ4v) is 7.57. The zero-order chi connectivity index (χ0) is 26.1. The van der Waals surface area contributed by atoms with Gasteiger partial charge in [-0.25, -0.2) is 9.69 Å². The number of aromatic nitrogens is 1. The number of pyridine rings is 1. The molecule has 40 heavy (non-hydrogen) atoms. The Morgan fingerprint density at radius 2 is 1.30 bits per heavy atom. The van der Waals surface area contributed by atoms with Crippen molar-refractivity contribution in [2.24, 2.45) is 0 Å². The predicted molar refractivity (Wildman–Crippen MR) is 164 cm³/mol. The molecule has 5 heteroatoms. The first-order valence-electron chi connectivity index (χ1n) is 13.6. The Kier molecular flexibility index (Phi) is 3.62. The van der Waals surface area contributed by atoms with Gasteiger partial charge in [0.15, 0.2) is 0 Å². The van der Waals surface area contributed by atoms with E-state index in [1.54, 1.807) is 0 Å². The molecule has 0 bridgehead atoms. The maximum Gasteiger partial charge on any atom is 0.424 e. The van der Waals surface area contributed by atoms with Crippen molar-refractivity contribution in [1.82, 2.24) is 4.40 Å². The molecule has 0 aliphatic carbocycles. The van der Waals surface area contributed by atoms with Crippen LogP contribution in [-0.4, -0.2) is 17.2 Å². The SMILES string of the molecule is O=C1Oc2ccc3c4ccccc4n4c5ccccc5c5c6c(c2c3c54)N1c1ccccc1B6c1ccccc1. The monoisotopic (exact) mass is 510 g/mol. The lowest BCUT2D eigenvalue weighted by Gasteiger charge is -2.39. The van der Waals surface area contributed by atoms with Crippen LogP contribution in [0.3, 0.4) is 0 Å². The number of ether oxygens (including phenoxy) is 1. The third-order valence-electron chi connectivity index (χ3n) is 8.99. The van der Waals surface area contributed by atoms with E-state index in [1.807, 2.05) is 23.1 Å². The van der Waals surface area contributed by atoms with E-state index in [1.165, 1.54) is 43.6 Å². The van der Waals surface area contributed by atoms with Gasteiger partial charge in [-0.1, -0.05) is 90.4 Å². The van der Waals surface area contributed by atoms with Crippen molar-refractivity contribution in [3.05, 3.63) is 115 Å². The minimum Gasteiger partial charge on any atom is -0.409 e. The highest BCUT2D eigenvalue weighted by Gasteiger charge is 2.44. The minimum atomic E-state index is -0.359. The lowest BCUT2D eigenvalue weighted by molar-refractivity contribution is 0.210. The molecule has 4 heterocycles. The first-order chi connectivity index (χ1) is 19.8. The highest BCUT2D eigenvalue weighted by Crippen LogP contribution is 2.51. The summed E-state index contributed by atoms with van der Waals surface area (Å²) < 4.78 is 8.53. The maximum absolute atomic E-state index is 13.8. The highest BCUT2D eigenvalue weighted by atomic mass is 16.6. The molecule has 0 N–H and O–H groups in total. The van der Waals surface area contributed by atoms with Crippen molar-refractivity contribution >= 4 is 89.4 Å². The summed E-state index contributed by atoms with van der Waals surface area (Å²) in [6, 6.07) is 40.4. The third-order valence-corrected chi connectivity index (χ3v) is 8.99. The van der Waals surface area contributed by atoms with Crippen LogP contribution in [-0.2, 0) is 0 Å². The summed E-state index contributed by atoms with van der Waals surface area (Å²) >= 11 is 0. The lowest BCUT2D eigenvalue weighted by Crippen LogP contribution is -2.59. The van der Waals surface area contributed by atoms with Crippen molar-refractivity contribution in [2.75, 3.05) is 4.90 Å². The van der Waals surface area contributed by atoms with Crippen molar-refractivity contribution in [3.63, 3.8) is 0 Å². The summed E-state index contributed by atoms with van der Waals surface area (Å²) in [5.41, 5.74) is 8.83. The Labute approximate surface area is 229 Å². The van der Waals surface area contributed by atoms with Crippen LogP contribution in [0, 0.1) is 0 Å². The van der Waals surface area contributed by atoms with E-state index in [9.17, 15) is 4.79 Å². The molecule has 1 amide bonds. The van der Waals surface area contributed by atoms with Gasteiger partial charge in [0.25, 0.3) is 0 Å². The van der Waals surface area contributed by atoms with Crippen molar-refractivity contribution in [1.29, 1.82) is 0 Å². The van der Waals surface area contributed by atoms with Crippen LogP contribution in [0.25, 0.3) is 48.9 Å². The number of hydrogen-bond acceptors (Lipinski definition) is 2. The maximum atomic E-state index is 13.8. The second-order valence-corrected chi connectivity index (χ2v) is 10.8. The second kappa shape index (κ2) is 7.02. The summed E-state index contributed by atoms with van der Waals surface area (Å²) in [6.07, 6.45) is -0.359. The second-order valence-electron chi connectivity index (χ2n) is 10.8. The zero-order valence-corrected chi connectivity index (χ0v) is 21.3. The molecule has 0 saturated heterocycles. The van der Waals surface area contributed by atoms with Gasteiger partial charge in [0, 0.05) is 27.2 Å². The topological polar surface area (TPSA) is 34.0 Å². The molecule has 184 valence electrons. The smallest absolute Gasteiger partial charge is 0.409 e. The number of carbonyl (C=O) groups is 1. The van der Waals surface area contributed by atoms with Gasteiger partial charge in [-0.2, -0.15) is 0 Å². The van der Waals surface area contributed by atoms with Crippen LogP contribution in [0.15, 0.2) is 115 Å². The lowest BCUT2D eigenvalue weighted by atomic mass is 9.34. The fraction of sp³-hybridized carbons (Fsp3) is 0. The number of hydrogen-bond donors (Lipinski definition) is 0. The van der Waals surface area contributed by atoms with E-state index >= 15 is 0 Å². The number of fused-ring (bicyclic) bond motifs is 9. The van der Waals surface area contributed by atoms with Crippen molar-refractivity contribution in [3.8, 4) is 5.75 Å². The molecule has 10 rings (SSSR count). The predicted octanol–water partition coefficient (Wildman–Crippen LogP) is 6.47. The summed E-state index contributed by atoms with van der Waals surface area (Å²) in [5, 5.41) is 6.90. The molecule has 0 fully saturated rings. The molecule has 0 unspecified atom stereocenters. The first kappa shape index (κ1) is 20.6. The molecule has 0 spiro atoms. The van der Waals surface area contributed by atoms with E-state index in [-0.39, 0.29) is 12.8 Å². The van der Waals surface area contributed by atoms with Crippen molar-refractivity contribution < 1.29 is 9.53 Å². The third kappa shape index (κ3) is 2.26. The normalized spacial score (nSPS) is 14.2. The number of amides is 1. The van der Waals surface area contributed by atoms with E-state index < -0.39 is 0 Å². The molecule has 0 atom stereocenters.